The molecule has 2 aliphatic rings. The molecule has 0 saturated carbocycles. The minimum Gasteiger partial charge on any atom is -0.351 e. The highest BCUT2D eigenvalue weighted by molar-refractivity contribution is 8.15. The van der Waals surface area contributed by atoms with Crippen LogP contribution in [0.15, 0.2) is 53.1 Å². The molecule has 5 heteroatoms. The zero-order valence-electron chi connectivity index (χ0n) is 11.2. The predicted octanol–water partition coefficient (Wildman–Crippen LogP) is 3.21. The van der Waals surface area contributed by atoms with Crippen LogP contribution in [0.4, 0.5) is 5.69 Å². The molecule has 0 radical (unpaired) electrons. The highest BCUT2D eigenvalue weighted by Gasteiger charge is 2.35. The molecular formula is C17H8N2O2S. The summed E-state index contributed by atoms with van der Waals surface area (Å²) in [7, 11) is 0. The monoisotopic (exact) mass is 304 g/mol. The van der Waals surface area contributed by atoms with Crippen LogP contribution in [0, 0.1) is 11.3 Å². The lowest BCUT2D eigenvalue weighted by Crippen LogP contribution is -2.07. The molecule has 0 unspecified atom stereocenters. The fourth-order valence-corrected chi connectivity index (χ4v) is 3.61. The molecule has 4 rings (SSSR count). The number of carbonyl (C=O) groups is 2. The Morgan fingerprint density at radius 1 is 1.05 bits per heavy atom. The van der Waals surface area contributed by atoms with Crippen LogP contribution in [0.2, 0.25) is 0 Å². The molecule has 0 spiro atoms. The van der Waals surface area contributed by atoms with E-state index in [1.54, 1.807) is 18.2 Å². The lowest BCUT2D eigenvalue weighted by atomic mass is 10.0. The van der Waals surface area contributed by atoms with Crippen LogP contribution >= 0.6 is 11.8 Å². The number of nitrogens with zero attached hydrogens (tertiary/aromatic N) is 1. The molecule has 0 amide bonds. The first-order valence-corrected chi connectivity index (χ1v) is 7.42. The van der Waals surface area contributed by atoms with Crippen molar-refractivity contribution < 1.29 is 9.59 Å². The average Bonchev–Trinajstić information content (AvgIpc) is 3.03. The van der Waals surface area contributed by atoms with Crippen LogP contribution in [-0.2, 0) is 4.79 Å². The maximum Gasteiger partial charge on any atom is 0.227 e. The molecule has 2 aliphatic heterocycles. The molecule has 22 heavy (non-hydrogen) atoms. The fraction of sp³-hybridized carbons (Fsp3) is 0. The number of anilines is 1. The van der Waals surface area contributed by atoms with E-state index in [-0.39, 0.29) is 10.9 Å². The van der Waals surface area contributed by atoms with Gasteiger partial charge in [0.05, 0.1) is 22.9 Å². The van der Waals surface area contributed by atoms with Crippen LogP contribution in [0.1, 0.15) is 21.5 Å². The van der Waals surface area contributed by atoms with Gasteiger partial charge in [-0.15, -0.1) is 0 Å². The summed E-state index contributed by atoms with van der Waals surface area (Å²) < 4.78 is 0. The summed E-state index contributed by atoms with van der Waals surface area (Å²) in [6, 6.07) is 14.3. The second-order valence-corrected chi connectivity index (χ2v) is 5.98. The van der Waals surface area contributed by atoms with Crippen molar-refractivity contribution >= 4 is 33.9 Å². The molecule has 0 fully saturated rings. The maximum atomic E-state index is 12.6. The van der Waals surface area contributed by atoms with Crippen LogP contribution in [0.25, 0.3) is 5.57 Å². The Bertz CT molecular complexity index is 938. The topological polar surface area (TPSA) is 70.0 Å². The number of ketones is 1. The van der Waals surface area contributed by atoms with Crippen molar-refractivity contribution in [1.29, 1.82) is 5.26 Å². The van der Waals surface area contributed by atoms with Gasteiger partial charge in [-0.3, -0.25) is 9.59 Å². The highest BCUT2D eigenvalue weighted by Crippen LogP contribution is 2.44. The van der Waals surface area contributed by atoms with Gasteiger partial charge in [0.15, 0.2) is 0 Å². The Hall–Kier alpha value is -2.84. The van der Waals surface area contributed by atoms with Crippen LogP contribution < -0.4 is 5.32 Å². The van der Waals surface area contributed by atoms with Crippen molar-refractivity contribution in [2.45, 2.75) is 4.90 Å². The number of rotatable bonds is 0. The van der Waals surface area contributed by atoms with Gasteiger partial charge in [0.2, 0.25) is 10.9 Å². The average molecular weight is 304 g/mol. The zero-order chi connectivity index (χ0) is 15.3. The Kier molecular flexibility index (Phi) is 2.68. The second kappa shape index (κ2) is 4.58. The number of Topliss-reactive ketones (excluding diaryl/α,β-unsaturated/α-hetero) is 1. The predicted molar refractivity (Wildman–Crippen MR) is 83.3 cm³/mol. The van der Waals surface area contributed by atoms with E-state index in [0.29, 0.717) is 28.1 Å². The van der Waals surface area contributed by atoms with Crippen molar-refractivity contribution in [3.63, 3.8) is 0 Å². The number of hydrogen-bond acceptors (Lipinski definition) is 5. The number of hydrogen-bond donors (Lipinski definition) is 1. The van der Waals surface area contributed by atoms with Gasteiger partial charge in [-0.25, -0.2) is 0 Å². The molecule has 104 valence electrons. The first kappa shape index (κ1) is 12.9. The minimum absolute atomic E-state index is 0.134. The van der Waals surface area contributed by atoms with Crippen molar-refractivity contribution in [3.05, 3.63) is 64.9 Å². The van der Waals surface area contributed by atoms with E-state index >= 15 is 0 Å². The largest absolute Gasteiger partial charge is 0.351 e. The Balaban J connectivity index is 1.91. The van der Waals surface area contributed by atoms with E-state index < -0.39 is 0 Å². The van der Waals surface area contributed by atoms with Gasteiger partial charge in [-0.1, -0.05) is 18.2 Å². The summed E-state index contributed by atoms with van der Waals surface area (Å²) in [5.41, 5.74) is 2.99. The van der Waals surface area contributed by atoms with Crippen LogP contribution in [-0.4, -0.2) is 10.9 Å². The molecule has 1 N–H and O–H groups in total. The van der Waals surface area contributed by atoms with Gasteiger partial charge in [0.25, 0.3) is 0 Å². The van der Waals surface area contributed by atoms with Gasteiger partial charge >= 0.3 is 0 Å². The first-order valence-electron chi connectivity index (χ1n) is 6.61. The number of fused-ring (bicyclic) bond motifs is 2. The Labute approximate surface area is 130 Å². The molecule has 0 aromatic heterocycles. The number of thioether (sulfide) groups is 1. The molecule has 0 atom stereocenters. The lowest BCUT2D eigenvalue weighted by Gasteiger charge is -2.03. The Morgan fingerprint density at radius 3 is 2.68 bits per heavy atom. The van der Waals surface area contributed by atoms with E-state index in [0.717, 1.165) is 22.2 Å². The highest BCUT2D eigenvalue weighted by atomic mass is 32.2. The van der Waals surface area contributed by atoms with Crippen LogP contribution in [0.3, 0.4) is 0 Å². The van der Waals surface area contributed by atoms with E-state index in [1.807, 2.05) is 30.3 Å². The van der Waals surface area contributed by atoms with E-state index in [9.17, 15) is 9.59 Å². The number of nitriles is 1. The van der Waals surface area contributed by atoms with Gasteiger partial charge in [0, 0.05) is 21.7 Å². The smallest absolute Gasteiger partial charge is 0.227 e. The van der Waals surface area contributed by atoms with Crippen molar-refractivity contribution in [1.82, 2.24) is 0 Å². The number of carbonyl (C=O) groups excluding carboxylic acids is 2. The number of benzene rings is 2. The van der Waals surface area contributed by atoms with Crippen molar-refractivity contribution in [3.8, 4) is 6.07 Å². The molecular weight excluding hydrogens is 296 g/mol. The lowest BCUT2D eigenvalue weighted by molar-refractivity contribution is -0.106. The molecule has 0 bridgehead atoms. The van der Waals surface area contributed by atoms with Crippen molar-refractivity contribution in [2.75, 3.05) is 5.32 Å². The second-order valence-electron chi connectivity index (χ2n) is 4.96. The molecule has 2 aromatic rings. The summed E-state index contributed by atoms with van der Waals surface area (Å²) in [5, 5.41) is 11.9. The number of nitrogens with one attached hydrogen (secondary N) is 1. The molecule has 2 heterocycles. The third-order valence-electron chi connectivity index (χ3n) is 3.69. The summed E-state index contributed by atoms with van der Waals surface area (Å²) >= 11 is 1.13. The van der Waals surface area contributed by atoms with Gasteiger partial charge in [0.1, 0.15) is 0 Å². The van der Waals surface area contributed by atoms with Crippen molar-refractivity contribution in [2.24, 2.45) is 0 Å². The van der Waals surface area contributed by atoms with E-state index in [2.05, 4.69) is 5.32 Å². The molecule has 0 saturated heterocycles. The minimum atomic E-state index is -0.243. The number of allylic oxidation sites excluding steroid dienone is 1. The molecule has 0 aliphatic carbocycles. The third-order valence-corrected chi connectivity index (χ3v) is 4.66. The van der Waals surface area contributed by atoms with Gasteiger partial charge in [-0.2, -0.15) is 5.26 Å². The standard InChI is InChI=1S/C17H8N2O2S/c18-8-9-5-6-12-11(7-9)16(20)15(19-12)14-10-3-1-2-4-13(10)22-17(14)21/h1-7,19H/b15-14-. The SMILES string of the molecule is N#Cc1ccc2c(c1)C(=O)/C(=C1/C(=O)Sc3ccccc31)N2. The quantitative estimate of drug-likeness (QED) is 0.757. The Morgan fingerprint density at radius 2 is 1.86 bits per heavy atom. The normalized spacial score (nSPS) is 18.7. The fourth-order valence-electron chi connectivity index (χ4n) is 2.67. The van der Waals surface area contributed by atoms with E-state index in [1.165, 1.54) is 0 Å². The third kappa shape index (κ3) is 1.71. The maximum absolute atomic E-state index is 12.6. The first-order chi connectivity index (χ1) is 10.7. The van der Waals surface area contributed by atoms with Gasteiger partial charge < -0.3 is 5.32 Å². The van der Waals surface area contributed by atoms with Crippen LogP contribution in [0.5, 0.6) is 0 Å². The van der Waals surface area contributed by atoms with Gasteiger partial charge in [-0.05, 0) is 36.0 Å². The summed E-state index contributed by atoms with van der Waals surface area (Å²) in [5.74, 6) is -0.243. The summed E-state index contributed by atoms with van der Waals surface area (Å²) in [6.07, 6.45) is 0. The molecule has 2 aromatic carbocycles. The summed E-state index contributed by atoms with van der Waals surface area (Å²) in [4.78, 5) is 25.8. The van der Waals surface area contributed by atoms with E-state index in [4.69, 9.17) is 5.26 Å². The summed E-state index contributed by atoms with van der Waals surface area (Å²) in [6.45, 7) is 0. The molecule has 4 nitrogen and oxygen atoms in total. The zero-order valence-corrected chi connectivity index (χ0v) is 12.0.